The molecule has 4 heteroatoms. The van der Waals surface area contributed by atoms with Gasteiger partial charge in [-0.2, -0.15) is 0 Å². The van der Waals surface area contributed by atoms with E-state index in [4.69, 9.17) is 0 Å². The van der Waals surface area contributed by atoms with Gasteiger partial charge in [-0.1, -0.05) is 6.92 Å². The molecule has 4 nitrogen and oxygen atoms in total. The molecule has 0 aromatic rings. The summed E-state index contributed by atoms with van der Waals surface area (Å²) >= 11 is 0. The molecule has 1 amide bonds. The third-order valence-electron chi connectivity index (χ3n) is 3.79. The topological polar surface area (TPSA) is 35.6 Å². The molecule has 0 aromatic carbocycles. The first-order valence-electron chi connectivity index (χ1n) is 7.31. The van der Waals surface area contributed by atoms with Gasteiger partial charge in [-0.3, -0.25) is 9.69 Å². The Kier molecular flexibility index (Phi) is 7.28. The number of nitrogens with one attached hydrogen (secondary N) is 1. The van der Waals surface area contributed by atoms with E-state index in [1.54, 1.807) is 0 Å². The third-order valence-corrected chi connectivity index (χ3v) is 3.79. The van der Waals surface area contributed by atoms with Crippen LogP contribution in [0.3, 0.4) is 0 Å². The summed E-state index contributed by atoms with van der Waals surface area (Å²) in [6, 6.07) is 0.483. The van der Waals surface area contributed by atoms with Crippen LogP contribution in [-0.2, 0) is 4.79 Å². The molecule has 0 spiro atoms. The fourth-order valence-electron chi connectivity index (χ4n) is 2.68. The Morgan fingerprint density at radius 2 is 2.22 bits per heavy atom. The van der Waals surface area contributed by atoms with Crippen molar-refractivity contribution in [3.05, 3.63) is 0 Å². The Morgan fingerprint density at radius 3 is 2.89 bits per heavy atom. The average molecular weight is 255 g/mol. The maximum absolute atomic E-state index is 12.3. The summed E-state index contributed by atoms with van der Waals surface area (Å²) in [6.45, 7) is 5.71. The molecule has 1 aliphatic heterocycles. The molecule has 0 aliphatic carbocycles. The summed E-state index contributed by atoms with van der Waals surface area (Å²) in [5.74, 6) is 0.313. The number of rotatable bonds is 7. The van der Waals surface area contributed by atoms with E-state index in [0.717, 1.165) is 32.5 Å². The van der Waals surface area contributed by atoms with Crippen LogP contribution in [0.5, 0.6) is 0 Å². The van der Waals surface area contributed by atoms with E-state index < -0.39 is 0 Å². The fraction of sp³-hybridized carbons (Fsp3) is 0.929. The number of likely N-dealkylation sites (tertiary alicyclic amines) is 1. The summed E-state index contributed by atoms with van der Waals surface area (Å²) in [5, 5.41) is 3.13. The fourth-order valence-corrected chi connectivity index (χ4v) is 2.68. The molecule has 1 atom stereocenters. The van der Waals surface area contributed by atoms with Gasteiger partial charge < -0.3 is 10.2 Å². The van der Waals surface area contributed by atoms with Crippen LogP contribution >= 0.6 is 0 Å². The molecule has 0 radical (unpaired) electrons. The number of hydrogen-bond acceptors (Lipinski definition) is 3. The van der Waals surface area contributed by atoms with Crippen molar-refractivity contribution in [2.75, 3.05) is 40.3 Å². The van der Waals surface area contributed by atoms with Crippen molar-refractivity contribution in [2.24, 2.45) is 0 Å². The molecular formula is C14H29N3O. The highest BCUT2D eigenvalue weighted by atomic mass is 16.2. The largest absolute Gasteiger partial charge is 0.339 e. The van der Waals surface area contributed by atoms with Crippen LogP contribution in [0.25, 0.3) is 0 Å². The summed E-state index contributed by atoms with van der Waals surface area (Å²) in [4.78, 5) is 16.5. The highest BCUT2D eigenvalue weighted by molar-refractivity contribution is 5.78. The van der Waals surface area contributed by atoms with Gasteiger partial charge in [0, 0.05) is 12.6 Å². The normalized spacial score (nSPS) is 20.4. The van der Waals surface area contributed by atoms with Gasteiger partial charge in [0.15, 0.2) is 0 Å². The van der Waals surface area contributed by atoms with Crippen LogP contribution in [0.1, 0.15) is 39.0 Å². The Labute approximate surface area is 112 Å². The lowest BCUT2D eigenvalue weighted by Gasteiger charge is -2.36. The summed E-state index contributed by atoms with van der Waals surface area (Å²) in [7, 11) is 4.00. The molecule has 0 aromatic heterocycles. The molecular weight excluding hydrogens is 226 g/mol. The van der Waals surface area contributed by atoms with Crippen LogP contribution in [0, 0.1) is 0 Å². The maximum Gasteiger partial charge on any atom is 0.236 e. The number of likely N-dealkylation sites (N-methyl/N-ethyl adjacent to an activating group) is 1. The Morgan fingerprint density at radius 1 is 1.44 bits per heavy atom. The molecule has 106 valence electrons. The summed E-state index contributed by atoms with van der Waals surface area (Å²) < 4.78 is 0. The van der Waals surface area contributed by atoms with E-state index in [1.165, 1.54) is 19.3 Å². The first-order chi connectivity index (χ1) is 8.69. The zero-order valence-electron chi connectivity index (χ0n) is 12.2. The van der Waals surface area contributed by atoms with Gasteiger partial charge in [0.05, 0.1) is 6.54 Å². The zero-order valence-corrected chi connectivity index (χ0v) is 12.2. The van der Waals surface area contributed by atoms with Crippen molar-refractivity contribution in [1.29, 1.82) is 0 Å². The van der Waals surface area contributed by atoms with Gasteiger partial charge in [-0.25, -0.2) is 0 Å². The van der Waals surface area contributed by atoms with Gasteiger partial charge in [-0.15, -0.1) is 0 Å². The standard InChI is InChI=1S/C14H29N3O/c1-4-13-8-5-6-11-17(13)14(18)12-16(3)10-7-9-15-2/h13,15H,4-12H2,1-3H3. The average Bonchev–Trinajstić information content (AvgIpc) is 2.39. The molecule has 1 N–H and O–H groups in total. The molecule has 1 heterocycles. The number of carbonyl (C=O) groups excluding carboxylic acids is 1. The van der Waals surface area contributed by atoms with Crippen molar-refractivity contribution in [2.45, 2.75) is 45.1 Å². The van der Waals surface area contributed by atoms with Gasteiger partial charge in [0.2, 0.25) is 5.91 Å². The third kappa shape index (κ3) is 4.94. The molecule has 18 heavy (non-hydrogen) atoms. The number of nitrogens with zero attached hydrogens (tertiary/aromatic N) is 2. The van der Waals surface area contributed by atoms with Crippen LogP contribution in [-0.4, -0.2) is 62.0 Å². The number of carbonyl (C=O) groups is 1. The van der Waals surface area contributed by atoms with Crippen molar-refractivity contribution < 1.29 is 4.79 Å². The highest BCUT2D eigenvalue weighted by Crippen LogP contribution is 2.19. The molecule has 0 bridgehead atoms. The first-order valence-corrected chi connectivity index (χ1v) is 7.31. The molecule has 1 unspecified atom stereocenters. The molecule has 1 fully saturated rings. The number of hydrogen-bond donors (Lipinski definition) is 1. The number of amides is 1. The smallest absolute Gasteiger partial charge is 0.236 e. The lowest BCUT2D eigenvalue weighted by molar-refractivity contribution is -0.135. The van der Waals surface area contributed by atoms with Crippen molar-refractivity contribution >= 4 is 5.91 Å². The second kappa shape index (κ2) is 8.48. The van der Waals surface area contributed by atoms with Gasteiger partial charge in [-0.05, 0) is 59.3 Å². The predicted molar refractivity (Wildman–Crippen MR) is 75.7 cm³/mol. The van der Waals surface area contributed by atoms with E-state index in [0.29, 0.717) is 18.5 Å². The minimum atomic E-state index is 0.313. The monoisotopic (exact) mass is 255 g/mol. The van der Waals surface area contributed by atoms with Crippen molar-refractivity contribution in [1.82, 2.24) is 15.1 Å². The molecule has 1 saturated heterocycles. The quantitative estimate of drug-likeness (QED) is 0.697. The minimum Gasteiger partial charge on any atom is -0.339 e. The first kappa shape index (κ1) is 15.4. The Balaban J connectivity index is 2.33. The predicted octanol–water partition coefficient (Wildman–Crippen LogP) is 1.32. The Bertz CT molecular complexity index is 245. The zero-order chi connectivity index (χ0) is 13.4. The SMILES string of the molecule is CCC1CCCCN1C(=O)CN(C)CCCNC. The van der Waals surface area contributed by atoms with E-state index in [9.17, 15) is 4.79 Å². The summed E-state index contributed by atoms with van der Waals surface area (Å²) in [6.07, 6.45) is 5.82. The lowest BCUT2D eigenvalue weighted by Crippen LogP contribution is -2.47. The second-order valence-electron chi connectivity index (χ2n) is 5.34. The number of piperidine rings is 1. The van der Waals surface area contributed by atoms with Crippen LogP contribution < -0.4 is 5.32 Å². The van der Waals surface area contributed by atoms with Crippen molar-refractivity contribution in [3.8, 4) is 0 Å². The van der Waals surface area contributed by atoms with Gasteiger partial charge in [0.1, 0.15) is 0 Å². The van der Waals surface area contributed by atoms with E-state index in [1.807, 2.05) is 14.1 Å². The molecule has 1 rings (SSSR count). The highest BCUT2D eigenvalue weighted by Gasteiger charge is 2.25. The molecule has 0 saturated carbocycles. The van der Waals surface area contributed by atoms with E-state index in [-0.39, 0.29) is 0 Å². The van der Waals surface area contributed by atoms with Crippen molar-refractivity contribution in [3.63, 3.8) is 0 Å². The summed E-state index contributed by atoms with van der Waals surface area (Å²) in [5.41, 5.74) is 0. The van der Waals surface area contributed by atoms with Crippen LogP contribution in [0.4, 0.5) is 0 Å². The minimum absolute atomic E-state index is 0.313. The maximum atomic E-state index is 12.3. The second-order valence-corrected chi connectivity index (χ2v) is 5.34. The van der Waals surface area contributed by atoms with E-state index >= 15 is 0 Å². The van der Waals surface area contributed by atoms with Crippen LogP contribution in [0.2, 0.25) is 0 Å². The lowest BCUT2D eigenvalue weighted by atomic mass is 10.00. The molecule has 1 aliphatic rings. The van der Waals surface area contributed by atoms with Gasteiger partial charge in [0.25, 0.3) is 0 Å². The Hall–Kier alpha value is -0.610. The van der Waals surface area contributed by atoms with E-state index in [2.05, 4.69) is 22.0 Å². The van der Waals surface area contributed by atoms with Crippen LogP contribution in [0.15, 0.2) is 0 Å². The van der Waals surface area contributed by atoms with Gasteiger partial charge >= 0.3 is 0 Å².